The highest BCUT2D eigenvalue weighted by Gasteiger charge is 2.02. The van der Waals surface area contributed by atoms with E-state index in [1.54, 1.807) is 49.4 Å². The maximum Gasteiger partial charge on any atom is 0.250 e. The Bertz CT molecular complexity index is 749. The lowest BCUT2D eigenvalue weighted by molar-refractivity contribution is -0.112. The number of rotatable bonds is 5. The average Bonchev–Trinajstić information content (AvgIpc) is 2.55. The fraction of sp³-hybridized carbons (Fsp3) is 0.167. The summed E-state index contributed by atoms with van der Waals surface area (Å²) in [5.74, 6) is 0.0552. The first-order valence-corrected chi connectivity index (χ1v) is 7.30. The van der Waals surface area contributed by atoms with E-state index >= 15 is 0 Å². The van der Waals surface area contributed by atoms with Crippen LogP contribution in [0.1, 0.15) is 19.4 Å². The highest BCUT2D eigenvalue weighted by Crippen LogP contribution is 2.25. The maximum absolute atomic E-state index is 11.5. The molecule has 2 rings (SSSR count). The molecular formula is C18H19N3O2. The molecule has 0 aliphatic carbocycles. The molecule has 5 heteroatoms. The minimum Gasteiger partial charge on any atom is -0.508 e. The number of hydrogen-bond donors (Lipinski definition) is 2. The normalized spacial score (nSPS) is 10.7. The molecule has 23 heavy (non-hydrogen) atoms. The van der Waals surface area contributed by atoms with Crippen LogP contribution in [0.15, 0.2) is 64.8 Å². The molecule has 0 saturated carbocycles. The summed E-state index contributed by atoms with van der Waals surface area (Å²) in [5.41, 5.74) is 3.31. The van der Waals surface area contributed by atoms with Crippen LogP contribution in [0, 0.1) is 0 Å². The van der Waals surface area contributed by atoms with Crippen LogP contribution >= 0.6 is 0 Å². The summed E-state index contributed by atoms with van der Waals surface area (Å²) in [4.78, 5) is 11.5. The van der Waals surface area contributed by atoms with E-state index in [-0.39, 0.29) is 11.7 Å². The van der Waals surface area contributed by atoms with Gasteiger partial charge in [0.05, 0.1) is 11.4 Å². The molecule has 0 atom stereocenters. The Morgan fingerprint density at radius 1 is 1.13 bits per heavy atom. The smallest absolute Gasteiger partial charge is 0.250 e. The highest BCUT2D eigenvalue weighted by molar-refractivity contribution is 6.02. The van der Waals surface area contributed by atoms with Gasteiger partial charge in [-0.15, -0.1) is 0 Å². The largest absolute Gasteiger partial charge is 0.508 e. The lowest BCUT2D eigenvalue weighted by Crippen LogP contribution is -2.11. The molecule has 0 unspecified atom stereocenters. The number of carbonyl (C=O) groups excluding carboxylic acids is 1. The predicted octanol–water partition coefficient (Wildman–Crippen LogP) is 4.88. The van der Waals surface area contributed by atoms with Gasteiger partial charge in [-0.1, -0.05) is 13.5 Å². The van der Waals surface area contributed by atoms with E-state index in [4.69, 9.17) is 0 Å². The number of aromatic hydroxyl groups is 1. The zero-order chi connectivity index (χ0) is 16.8. The molecule has 5 nitrogen and oxygen atoms in total. The lowest BCUT2D eigenvalue weighted by Gasteiger charge is -2.04. The Labute approximate surface area is 135 Å². The molecule has 0 spiro atoms. The van der Waals surface area contributed by atoms with Crippen LogP contribution in [-0.2, 0) is 11.2 Å². The Morgan fingerprint density at radius 3 is 2.35 bits per heavy atom. The molecule has 0 bridgehead atoms. The third-order valence-corrected chi connectivity index (χ3v) is 3.24. The van der Waals surface area contributed by atoms with Crippen LogP contribution in [0.5, 0.6) is 5.75 Å². The summed E-state index contributed by atoms with van der Waals surface area (Å²) < 4.78 is 0. The minimum atomic E-state index is -0.212. The summed E-state index contributed by atoms with van der Waals surface area (Å²) >= 11 is 0. The van der Waals surface area contributed by atoms with E-state index in [0.717, 1.165) is 12.0 Å². The van der Waals surface area contributed by atoms with E-state index in [1.807, 2.05) is 6.92 Å². The lowest BCUT2D eigenvalue weighted by atomic mass is 10.1. The molecule has 0 heterocycles. The topological polar surface area (TPSA) is 74.0 Å². The van der Waals surface area contributed by atoms with Crippen LogP contribution in [0.4, 0.5) is 17.1 Å². The summed E-state index contributed by atoms with van der Waals surface area (Å²) in [7, 11) is 0. The average molecular weight is 309 g/mol. The number of carbonyl (C=O) groups is 1. The first-order chi connectivity index (χ1) is 11.0. The second-order valence-corrected chi connectivity index (χ2v) is 5.15. The van der Waals surface area contributed by atoms with E-state index in [0.29, 0.717) is 22.6 Å². The molecule has 2 N–H and O–H groups in total. The zero-order valence-corrected chi connectivity index (χ0v) is 13.2. The molecule has 0 fully saturated rings. The summed E-state index contributed by atoms with van der Waals surface area (Å²) in [6.45, 7) is 7.21. The number of phenolic OH excluding ortho intramolecular Hbond substituents is 1. The van der Waals surface area contributed by atoms with Crippen LogP contribution in [0.3, 0.4) is 0 Å². The molecule has 118 valence electrons. The van der Waals surface area contributed by atoms with Gasteiger partial charge in [0.1, 0.15) is 5.75 Å². The predicted molar refractivity (Wildman–Crippen MR) is 91.5 cm³/mol. The van der Waals surface area contributed by atoms with E-state index in [2.05, 4.69) is 22.1 Å². The summed E-state index contributed by atoms with van der Waals surface area (Å²) in [5, 5.41) is 20.7. The zero-order valence-electron chi connectivity index (χ0n) is 13.2. The van der Waals surface area contributed by atoms with Gasteiger partial charge in [-0.3, -0.25) is 4.79 Å². The van der Waals surface area contributed by atoms with Gasteiger partial charge in [0.15, 0.2) is 0 Å². The third-order valence-electron chi connectivity index (χ3n) is 3.24. The van der Waals surface area contributed by atoms with Gasteiger partial charge in [0.2, 0.25) is 0 Å². The number of hydrogen-bond acceptors (Lipinski definition) is 4. The quantitative estimate of drug-likeness (QED) is 0.610. The van der Waals surface area contributed by atoms with Gasteiger partial charge in [-0.25, -0.2) is 0 Å². The van der Waals surface area contributed by atoms with Crippen molar-refractivity contribution >= 4 is 23.0 Å². The summed E-state index contributed by atoms with van der Waals surface area (Å²) in [6, 6.07) is 12.2. The Balaban J connectivity index is 2.08. The van der Waals surface area contributed by atoms with Crippen LogP contribution in [0.2, 0.25) is 0 Å². The number of aryl methyl sites for hydroxylation is 1. The Morgan fingerprint density at radius 2 is 1.74 bits per heavy atom. The molecule has 0 aliphatic heterocycles. The van der Waals surface area contributed by atoms with Crippen molar-refractivity contribution in [3.63, 3.8) is 0 Å². The molecule has 0 radical (unpaired) electrons. The van der Waals surface area contributed by atoms with E-state index in [9.17, 15) is 9.90 Å². The minimum absolute atomic E-state index is 0.212. The van der Waals surface area contributed by atoms with Gasteiger partial charge in [0.25, 0.3) is 5.91 Å². The van der Waals surface area contributed by atoms with Gasteiger partial charge in [-0.2, -0.15) is 10.2 Å². The molecule has 0 aliphatic rings. The SMILES string of the molecule is C=C(C)C(=O)Nc1ccc(N=Nc2ccc(O)c(CC)c2)cc1. The number of nitrogens with one attached hydrogen (secondary N) is 1. The first kappa shape index (κ1) is 16.4. The summed E-state index contributed by atoms with van der Waals surface area (Å²) in [6.07, 6.45) is 0.728. The number of benzene rings is 2. The number of phenols is 1. The van der Waals surface area contributed by atoms with Crippen molar-refractivity contribution in [2.45, 2.75) is 20.3 Å². The molecule has 2 aromatic rings. The number of azo groups is 1. The van der Waals surface area contributed by atoms with E-state index in [1.165, 1.54) is 0 Å². The molecule has 2 aromatic carbocycles. The number of nitrogens with zero attached hydrogens (tertiary/aromatic N) is 2. The van der Waals surface area contributed by atoms with Crippen molar-refractivity contribution in [2.24, 2.45) is 10.2 Å². The van der Waals surface area contributed by atoms with Crippen LogP contribution < -0.4 is 5.32 Å². The standard InChI is InChI=1S/C18H19N3O2/c1-4-13-11-16(9-10-17(13)22)21-20-15-7-5-14(6-8-15)19-18(23)12(2)3/h5-11,22H,2,4H2,1,3H3,(H,19,23). The maximum atomic E-state index is 11.5. The molecule has 1 amide bonds. The fourth-order valence-electron chi connectivity index (χ4n) is 1.88. The number of anilines is 1. The van der Waals surface area contributed by atoms with Crippen molar-refractivity contribution in [1.82, 2.24) is 0 Å². The van der Waals surface area contributed by atoms with Crippen molar-refractivity contribution < 1.29 is 9.90 Å². The molecule has 0 aromatic heterocycles. The van der Waals surface area contributed by atoms with Gasteiger partial charge in [0, 0.05) is 11.3 Å². The van der Waals surface area contributed by atoms with E-state index < -0.39 is 0 Å². The van der Waals surface area contributed by atoms with Crippen molar-refractivity contribution in [2.75, 3.05) is 5.32 Å². The van der Waals surface area contributed by atoms with Crippen LogP contribution in [0.25, 0.3) is 0 Å². The number of amides is 1. The fourth-order valence-corrected chi connectivity index (χ4v) is 1.88. The van der Waals surface area contributed by atoms with Crippen molar-refractivity contribution in [3.05, 3.63) is 60.2 Å². The second-order valence-electron chi connectivity index (χ2n) is 5.15. The van der Waals surface area contributed by atoms with Gasteiger partial charge >= 0.3 is 0 Å². The Hall–Kier alpha value is -2.95. The van der Waals surface area contributed by atoms with Gasteiger partial charge in [-0.05, 0) is 61.4 Å². The monoisotopic (exact) mass is 309 g/mol. The van der Waals surface area contributed by atoms with Crippen molar-refractivity contribution in [3.8, 4) is 5.75 Å². The third kappa shape index (κ3) is 4.51. The highest BCUT2D eigenvalue weighted by atomic mass is 16.3. The second kappa shape index (κ2) is 7.35. The molecule has 0 saturated heterocycles. The van der Waals surface area contributed by atoms with Crippen molar-refractivity contribution in [1.29, 1.82) is 0 Å². The Kier molecular flexibility index (Phi) is 5.25. The van der Waals surface area contributed by atoms with Crippen LogP contribution in [-0.4, -0.2) is 11.0 Å². The van der Waals surface area contributed by atoms with Gasteiger partial charge < -0.3 is 10.4 Å². The molecular weight excluding hydrogens is 290 g/mol. The first-order valence-electron chi connectivity index (χ1n) is 7.30.